The minimum Gasteiger partial charge on any atom is -0.394 e. The summed E-state index contributed by atoms with van der Waals surface area (Å²) in [5, 5.41) is 8.94. The van der Waals surface area contributed by atoms with E-state index < -0.39 is 0 Å². The molecular weight excluding hydrogens is 174 g/mol. The van der Waals surface area contributed by atoms with Crippen molar-refractivity contribution in [3.63, 3.8) is 0 Å². The first-order valence-corrected chi connectivity index (χ1v) is 6.02. The first-order valence-electron chi connectivity index (χ1n) is 6.02. The molecule has 0 spiro atoms. The minimum absolute atomic E-state index is 0.100. The summed E-state index contributed by atoms with van der Waals surface area (Å²) in [6.07, 6.45) is 10.1. The zero-order valence-electron chi connectivity index (χ0n) is 9.89. The molecule has 0 saturated carbocycles. The van der Waals surface area contributed by atoms with E-state index in [-0.39, 0.29) is 12.1 Å². The second-order valence-electron chi connectivity index (χ2n) is 4.68. The van der Waals surface area contributed by atoms with Gasteiger partial charge in [-0.15, -0.1) is 0 Å². The van der Waals surface area contributed by atoms with Crippen LogP contribution in [0.5, 0.6) is 0 Å². The summed E-state index contributed by atoms with van der Waals surface area (Å²) >= 11 is 0. The largest absolute Gasteiger partial charge is 0.394 e. The van der Waals surface area contributed by atoms with Gasteiger partial charge in [-0.25, -0.2) is 0 Å². The Hall–Kier alpha value is -0.0800. The molecule has 0 aromatic rings. The maximum Gasteiger partial charge on any atom is 0.0608 e. The highest BCUT2D eigenvalue weighted by Crippen LogP contribution is 2.13. The third-order valence-corrected chi connectivity index (χ3v) is 2.71. The molecule has 14 heavy (non-hydrogen) atoms. The topological polar surface area (TPSA) is 46.2 Å². The molecule has 0 fully saturated rings. The van der Waals surface area contributed by atoms with E-state index in [4.69, 9.17) is 10.8 Å². The average Bonchev–Trinajstić information content (AvgIpc) is 2.16. The van der Waals surface area contributed by atoms with Gasteiger partial charge < -0.3 is 10.8 Å². The smallest absolute Gasteiger partial charge is 0.0608 e. The highest BCUT2D eigenvalue weighted by Gasteiger charge is 2.15. The van der Waals surface area contributed by atoms with Gasteiger partial charge in [0.15, 0.2) is 0 Å². The molecule has 3 N–H and O–H groups in total. The highest BCUT2D eigenvalue weighted by atomic mass is 16.3. The molecule has 0 saturated heterocycles. The van der Waals surface area contributed by atoms with Gasteiger partial charge in [-0.1, -0.05) is 51.9 Å². The summed E-state index contributed by atoms with van der Waals surface area (Å²) in [5.41, 5.74) is 5.47. The van der Waals surface area contributed by atoms with Crippen LogP contribution in [-0.4, -0.2) is 17.3 Å². The van der Waals surface area contributed by atoms with Gasteiger partial charge in [0.25, 0.3) is 0 Å². The van der Waals surface area contributed by atoms with Crippen molar-refractivity contribution in [1.82, 2.24) is 0 Å². The Bertz CT molecular complexity index is 123. The lowest BCUT2D eigenvalue weighted by Gasteiger charge is -2.21. The van der Waals surface area contributed by atoms with Crippen molar-refractivity contribution in [2.75, 3.05) is 6.61 Å². The van der Waals surface area contributed by atoms with Crippen LogP contribution in [0.3, 0.4) is 0 Å². The van der Waals surface area contributed by atoms with Crippen molar-refractivity contribution in [3.05, 3.63) is 0 Å². The van der Waals surface area contributed by atoms with Crippen LogP contribution in [0.15, 0.2) is 0 Å². The lowest BCUT2D eigenvalue weighted by atomic mass is 9.96. The van der Waals surface area contributed by atoms with Crippen LogP contribution < -0.4 is 5.73 Å². The predicted octanol–water partition coefficient (Wildman–Crippen LogP) is 2.84. The van der Waals surface area contributed by atoms with Crippen LogP contribution in [-0.2, 0) is 0 Å². The molecule has 0 amide bonds. The zero-order chi connectivity index (χ0) is 10.9. The molecule has 0 aliphatic rings. The SMILES string of the molecule is CCCCCCCCCC(C)(N)CO. The maximum absolute atomic E-state index is 8.94. The van der Waals surface area contributed by atoms with E-state index in [2.05, 4.69) is 6.92 Å². The molecule has 0 aliphatic carbocycles. The summed E-state index contributed by atoms with van der Waals surface area (Å²) in [7, 11) is 0. The van der Waals surface area contributed by atoms with Crippen molar-refractivity contribution in [1.29, 1.82) is 0 Å². The van der Waals surface area contributed by atoms with Crippen molar-refractivity contribution in [3.8, 4) is 0 Å². The van der Waals surface area contributed by atoms with Crippen LogP contribution >= 0.6 is 0 Å². The Balaban J connectivity index is 3.13. The number of aliphatic hydroxyl groups is 1. The molecule has 2 nitrogen and oxygen atoms in total. The molecular formula is C12H27NO. The molecule has 2 heteroatoms. The first-order chi connectivity index (χ1) is 6.62. The lowest BCUT2D eigenvalue weighted by molar-refractivity contribution is 0.197. The molecule has 0 heterocycles. The van der Waals surface area contributed by atoms with E-state index >= 15 is 0 Å². The van der Waals surface area contributed by atoms with Crippen LogP contribution in [0.1, 0.15) is 65.2 Å². The van der Waals surface area contributed by atoms with Crippen LogP contribution in [0.2, 0.25) is 0 Å². The summed E-state index contributed by atoms with van der Waals surface area (Å²) < 4.78 is 0. The van der Waals surface area contributed by atoms with Crippen molar-refractivity contribution < 1.29 is 5.11 Å². The van der Waals surface area contributed by atoms with E-state index in [0.717, 1.165) is 12.8 Å². The molecule has 0 radical (unpaired) electrons. The third-order valence-electron chi connectivity index (χ3n) is 2.71. The summed E-state index contributed by atoms with van der Waals surface area (Å²) in [6, 6.07) is 0. The Morgan fingerprint density at radius 3 is 2.00 bits per heavy atom. The fourth-order valence-corrected chi connectivity index (χ4v) is 1.57. The zero-order valence-corrected chi connectivity index (χ0v) is 9.89. The fourth-order valence-electron chi connectivity index (χ4n) is 1.57. The highest BCUT2D eigenvalue weighted by molar-refractivity contribution is 4.76. The van der Waals surface area contributed by atoms with Crippen LogP contribution in [0.25, 0.3) is 0 Å². The third kappa shape index (κ3) is 8.52. The molecule has 0 aromatic heterocycles. The van der Waals surface area contributed by atoms with Gasteiger partial charge in [0.05, 0.1) is 6.61 Å². The lowest BCUT2D eigenvalue weighted by Crippen LogP contribution is -2.39. The number of unbranched alkanes of at least 4 members (excludes halogenated alkanes) is 6. The first kappa shape index (κ1) is 13.9. The molecule has 0 aromatic carbocycles. The maximum atomic E-state index is 8.94. The number of aliphatic hydroxyl groups excluding tert-OH is 1. The number of rotatable bonds is 9. The van der Waals surface area contributed by atoms with Crippen molar-refractivity contribution in [2.45, 2.75) is 70.8 Å². The Morgan fingerprint density at radius 2 is 1.50 bits per heavy atom. The number of hydrogen-bond donors (Lipinski definition) is 2. The minimum atomic E-state index is -0.358. The van der Waals surface area contributed by atoms with Gasteiger partial charge >= 0.3 is 0 Å². The molecule has 0 rings (SSSR count). The fraction of sp³-hybridized carbons (Fsp3) is 1.00. The number of hydrogen-bond acceptors (Lipinski definition) is 2. The van der Waals surface area contributed by atoms with Crippen LogP contribution in [0, 0.1) is 0 Å². The molecule has 1 atom stereocenters. The summed E-state index contributed by atoms with van der Waals surface area (Å²) in [5.74, 6) is 0. The van der Waals surface area contributed by atoms with Gasteiger partial charge in [0, 0.05) is 5.54 Å². The monoisotopic (exact) mass is 201 g/mol. The molecule has 86 valence electrons. The van der Waals surface area contributed by atoms with Gasteiger partial charge in [-0.2, -0.15) is 0 Å². The number of nitrogens with two attached hydrogens (primary N) is 1. The Morgan fingerprint density at radius 1 is 1.00 bits per heavy atom. The van der Waals surface area contributed by atoms with E-state index in [1.807, 2.05) is 6.92 Å². The molecule has 1 unspecified atom stereocenters. The summed E-state index contributed by atoms with van der Waals surface area (Å²) in [4.78, 5) is 0. The van der Waals surface area contributed by atoms with Gasteiger partial charge in [-0.3, -0.25) is 0 Å². The quantitative estimate of drug-likeness (QED) is 0.563. The van der Waals surface area contributed by atoms with Crippen LogP contribution in [0.4, 0.5) is 0 Å². The predicted molar refractivity (Wildman–Crippen MR) is 62.3 cm³/mol. The second kappa shape index (κ2) is 8.25. The van der Waals surface area contributed by atoms with Gasteiger partial charge in [0.1, 0.15) is 0 Å². The summed E-state index contributed by atoms with van der Waals surface area (Å²) in [6.45, 7) is 4.26. The Kier molecular flexibility index (Phi) is 8.20. The standard InChI is InChI=1S/C12H27NO/c1-3-4-5-6-7-8-9-10-12(2,13)11-14/h14H,3-11,13H2,1-2H3. The molecule has 0 aliphatic heterocycles. The van der Waals surface area contributed by atoms with E-state index in [1.165, 1.54) is 38.5 Å². The normalized spacial score (nSPS) is 15.4. The average molecular weight is 201 g/mol. The Labute approximate surface area is 88.9 Å². The van der Waals surface area contributed by atoms with Crippen molar-refractivity contribution >= 4 is 0 Å². The van der Waals surface area contributed by atoms with Gasteiger partial charge in [-0.05, 0) is 13.3 Å². The van der Waals surface area contributed by atoms with Gasteiger partial charge in [0.2, 0.25) is 0 Å². The molecule has 0 bridgehead atoms. The van der Waals surface area contributed by atoms with E-state index in [9.17, 15) is 0 Å². The van der Waals surface area contributed by atoms with Crippen molar-refractivity contribution in [2.24, 2.45) is 5.73 Å². The second-order valence-corrected chi connectivity index (χ2v) is 4.68. The van der Waals surface area contributed by atoms with E-state index in [0.29, 0.717) is 0 Å². The van der Waals surface area contributed by atoms with E-state index in [1.54, 1.807) is 0 Å².